The van der Waals surface area contributed by atoms with Crippen molar-refractivity contribution in [3.8, 4) is 0 Å². The molecule has 0 bridgehead atoms. The van der Waals surface area contributed by atoms with Crippen LogP contribution in [0, 0.1) is 5.92 Å². The quantitative estimate of drug-likeness (QED) is 0.248. The van der Waals surface area contributed by atoms with E-state index in [2.05, 4.69) is 44.2 Å². The van der Waals surface area contributed by atoms with Crippen LogP contribution in [-0.4, -0.2) is 52.5 Å². The zero-order valence-electron chi connectivity index (χ0n) is 15.9. The molecule has 1 saturated heterocycles. The molecule has 1 aliphatic rings. The van der Waals surface area contributed by atoms with E-state index in [1.165, 1.54) is 16.9 Å². The van der Waals surface area contributed by atoms with Gasteiger partial charge in [0.1, 0.15) is 4.21 Å². The lowest BCUT2D eigenvalue weighted by molar-refractivity contribution is 0.460. The van der Waals surface area contributed by atoms with E-state index in [4.69, 9.17) is 0 Å². The third kappa shape index (κ3) is 6.43. The van der Waals surface area contributed by atoms with E-state index in [0.717, 1.165) is 31.9 Å². The van der Waals surface area contributed by atoms with E-state index < -0.39 is 10.0 Å². The molecule has 1 unspecified atom stereocenters. The van der Waals surface area contributed by atoms with Crippen LogP contribution in [0.15, 0.2) is 57.0 Å². The van der Waals surface area contributed by atoms with Crippen LogP contribution in [0.3, 0.4) is 0 Å². The number of likely N-dealkylation sites (tertiary alicyclic amines) is 1. The number of nitrogens with one attached hydrogen (secondary N) is 2. The van der Waals surface area contributed by atoms with Gasteiger partial charge in [-0.2, -0.15) is 0 Å². The lowest BCUT2D eigenvalue weighted by atomic mass is 9.99. The second-order valence-electron chi connectivity index (χ2n) is 6.59. The summed E-state index contributed by atoms with van der Waals surface area (Å²) in [4.78, 5) is 6.60. The van der Waals surface area contributed by atoms with Crippen LogP contribution in [0.25, 0.3) is 0 Å². The molecule has 0 aliphatic carbocycles. The second kappa shape index (κ2) is 11.1. The van der Waals surface area contributed by atoms with Crippen LogP contribution in [0.1, 0.15) is 12.0 Å². The molecule has 1 fully saturated rings. The molecule has 0 spiro atoms. The van der Waals surface area contributed by atoms with Crippen molar-refractivity contribution >= 4 is 51.3 Å². The molecule has 3 rings (SSSR count). The zero-order valence-corrected chi connectivity index (χ0v) is 19.8. The van der Waals surface area contributed by atoms with Crippen LogP contribution >= 0.6 is 35.3 Å². The molecule has 0 radical (unpaired) electrons. The Morgan fingerprint density at radius 3 is 2.68 bits per heavy atom. The van der Waals surface area contributed by atoms with Crippen LogP contribution in [0.2, 0.25) is 0 Å². The van der Waals surface area contributed by atoms with Gasteiger partial charge in [0.25, 0.3) is 0 Å². The first-order chi connectivity index (χ1) is 13.1. The minimum absolute atomic E-state index is 0. The number of benzene rings is 1. The van der Waals surface area contributed by atoms with E-state index >= 15 is 0 Å². The summed E-state index contributed by atoms with van der Waals surface area (Å²) >= 11 is 1.22. The molecule has 2 aromatic rings. The van der Waals surface area contributed by atoms with Crippen molar-refractivity contribution < 1.29 is 8.42 Å². The number of hydrogen-bond donors (Lipinski definition) is 2. The normalized spacial score (nSPS) is 17.4. The van der Waals surface area contributed by atoms with Crippen molar-refractivity contribution in [3.63, 3.8) is 0 Å². The average Bonchev–Trinajstić information content (AvgIpc) is 3.35. The molecule has 9 heteroatoms. The number of nitrogens with zero attached hydrogens (tertiary/aromatic N) is 2. The molecule has 0 saturated carbocycles. The van der Waals surface area contributed by atoms with Crippen molar-refractivity contribution in [1.29, 1.82) is 0 Å². The number of rotatable bonds is 7. The molecule has 1 aliphatic heterocycles. The number of halogens is 1. The van der Waals surface area contributed by atoms with Crippen LogP contribution in [-0.2, 0) is 16.4 Å². The molecular weight excluding hydrogens is 507 g/mol. The predicted molar refractivity (Wildman–Crippen MR) is 126 cm³/mol. The van der Waals surface area contributed by atoms with Crippen LogP contribution < -0.4 is 10.0 Å². The summed E-state index contributed by atoms with van der Waals surface area (Å²) in [6, 6.07) is 13.9. The Balaban J connectivity index is 0.00000280. The molecule has 28 heavy (non-hydrogen) atoms. The highest BCUT2D eigenvalue weighted by atomic mass is 127. The molecule has 0 amide bonds. The van der Waals surface area contributed by atoms with Gasteiger partial charge in [-0.15, -0.1) is 35.3 Å². The van der Waals surface area contributed by atoms with Crippen molar-refractivity contribution in [2.24, 2.45) is 10.9 Å². The van der Waals surface area contributed by atoms with Gasteiger partial charge in [0.05, 0.1) is 0 Å². The standard InChI is InChI=1S/C19H26N4O2S2.HI/c1-20-19(21-10-11-22-27(24,25)18-8-5-13-26-18)23-12-9-17(15-23)14-16-6-3-2-4-7-16;/h2-8,13,17,22H,9-12,14-15H2,1H3,(H,20,21);1H. The van der Waals surface area contributed by atoms with Crippen molar-refractivity contribution in [2.45, 2.75) is 17.1 Å². The second-order valence-corrected chi connectivity index (χ2v) is 9.54. The first-order valence-corrected chi connectivity index (χ1v) is 11.5. The van der Waals surface area contributed by atoms with Gasteiger partial charge in [-0.05, 0) is 35.8 Å². The van der Waals surface area contributed by atoms with E-state index in [1.807, 2.05) is 6.07 Å². The molecule has 2 heterocycles. The summed E-state index contributed by atoms with van der Waals surface area (Å²) in [5.41, 5.74) is 1.37. The lowest BCUT2D eigenvalue weighted by Gasteiger charge is -2.22. The van der Waals surface area contributed by atoms with Crippen LogP contribution in [0.5, 0.6) is 0 Å². The van der Waals surface area contributed by atoms with Crippen molar-refractivity contribution in [1.82, 2.24) is 14.9 Å². The minimum atomic E-state index is -3.41. The fourth-order valence-electron chi connectivity index (χ4n) is 3.32. The molecule has 1 atom stereocenters. The first-order valence-electron chi connectivity index (χ1n) is 9.11. The summed E-state index contributed by atoms with van der Waals surface area (Å²) in [5, 5.41) is 5.02. The maximum absolute atomic E-state index is 12.1. The Morgan fingerprint density at radius 1 is 1.21 bits per heavy atom. The first kappa shape index (κ1) is 23.1. The Kier molecular flexibility index (Phi) is 9.19. The highest BCUT2D eigenvalue weighted by Crippen LogP contribution is 2.20. The Morgan fingerprint density at radius 2 is 2.00 bits per heavy atom. The Hall–Kier alpha value is -1.17. The van der Waals surface area contributed by atoms with Crippen molar-refractivity contribution in [2.75, 3.05) is 33.2 Å². The summed E-state index contributed by atoms with van der Waals surface area (Å²) in [7, 11) is -1.64. The number of hydrogen-bond acceptors (Lipinski definition) is 4. The van der Waals surface area contributed by atoms with E-state index in [1.54, 1.807) is 24.6 Å². The molecule has 2 N–H and O–H groups in total. The molecule has 6 nitrogen and oxygen atoms in total. The highest BCUT2D eigenvalue weighted by Gasteiger charge is 2.25. The van der Waals surface area contributed by atoms with Gasteiger partial charge in [0.2, 0.25) is 10.0 Å². The Bertz CT molecular complexity index is 842. The molecular formula is C19H27IN4O2S2. The summed E-state index contributed by atoms with van der Waals surface area (Å²) in [6.45, 7) is 2.76. The Labute approximate surface area is 188 Å². The SMILES string of the molecule is CN=C(NCCNS(=O)(=O)c1cccs1)N1CCC(Cc2ccccc2)C1.I. The minimum Gasteiger partial charge on any atom is -0.355 e. The van der Waals surface area contributed by atoms with Gasteiger partial charge >= 0.3 is 0 Å². The largest absolute Gasteiger partial charge is 0.355 e. The summed E-state index contributed by atoms with van der Waals surface area (Å²) < 4.78 is 27.2. The third-order valence-electron chi connectivity index (χ3n) is 4.62. The van der Waals surface area contributed by atoms with Crippen molar-refractivity contribution in [3.05, 3.63) is 53.4 Å². The topological polar surface area (TPSA) is 73.8 Å². The summed E-state index contributed by atoms with van der Waals surface area (Å²) in [6.07, 6.45) is 2.22. The fourth-order valence-corrected chi connectivity index (χ4v) is 5.39. The zero-order chi connectivity index (χ0) is 19.1. The molecule has 154 valence electrons. The third-order valence-corrected chi connectivity index (χ3v) is 7.48. The van der Waals surface area contributed by atoms with Gasteiger partial charge < -0.3 is 10.2 Å². The van der Waals surface area contributed by atoms with Gasteiger partial charge in [-0.25, -0.2) is 13.1 Å². The number of sulfonamides is 1. The predicted octanol–water partition coefficient (Wildman–Crippen LogP) is 2.78. The van der Waals surface area contributed by atoms with Gasteiger partial charge in [0.15, 0.2) is 5.96 Å². The number of guanidine groups is 1. The van der Waals surface area contributed by atoms with E-state index in [9.17, 15) is 8.42 Å². The number of thiophene rings is 1. The monoisotopic (exact) mass is 534 g/mol. The van der Waals surface area contributed by atoms with Crippen LogP contribution in [0.4, 0.5) is 0 Å². The number of aliphatic imine (C=N–C) groups is 1. The fraction of sp³-hybridized carbons (Fsp3) is 0.421. The van der Waals surface area contributed by atoms with Gasteiger partial charge in [0, 0.05) is 33.2 Å². The lowest BCUT2D eigenvalue weighted by Crippen LogP contribution is -2.43. The molecule has 1 aromatic carbocycles. The van der Waals surface area contributed by atoms with Gasteiger partial charge in [-0.3, -0.25) is 4.99 Å². The maximum atomic E-state index is 12.1. The van der Waals surface area contributed by atoms with Gasteiger partial charge in [-0.1, -0.05) is 36.4 Å². The van der Waals surface area contributed by atoms with E-state index in [0.29, 0.717) is 23.2 Å². The average molecular weight is 534 g/mol. The maximum Gasteiger partial charge on any atom is 0.250 e. The highest BCUT2D eigenvalue weighted by molar-refractivity contribution is 14.0. The summed E-state index contributed by atoms with van der Waals surface area (Å²) in [5.74, 6) is 1.45. The smallest absolute Gasteiger partial charge is 0.250 e. The molecule has 1 aromatic heterocycles. The van der Waals surface area contributed by atoms with E-state index in [-0.39, 0.29) is 24.0 Å².